The summed E-state index contributed by atoms with van der Waals surface area (Å²) in [7, 11) is 0. The summed E-state index contributed by atoms with van der Waals surface area (Å²) in [5.74, 6) is -5.24. The third-order valence-electron chi connectivity index (χ3n) is 5.39. The molecule has 0 radical (unpaired) electrons. The number of aliphatic imine (C=N–C) groups is 1. The second-order valence-electron chi connectivity index (χ2n) is 8.96. The minimum Gasteiger partial charge on any atom is -0.481 e. The minimum absolute atomic E-state index is 0.126. The highest BCUT2D eigenvalue weighted by Gasteiger charge is 2.32. The van der Waals surface area contributed by atoms with Crippen LogP contribution >= 0.6 is 0 Å². The van der Waals surface area contributed by atoms with Gasteiger partial charge in [0.2, 0.25) is 17.7 Å². The fourth-order valence-electron chi connectivity index (χ4n) is 3.27. The molecule has 0 aliphatic rings. The van der Waals surface area contributed by atoms with Gasteiger partial charge in [0.25, 0.3) is 0 Å². The van der Waals surface area contributed by atoms with Crippen LogP contribution < -0.4 is 38.9 Å². The predicted octanol–water partition coefficient (Wildman–Crippen LogP) is -2.44. The number of hydrogen-bond donors (Lipinski definition) is 9. The molecule has 0 heterocycles. The zero-order chi connectivity index (χ0) is 28.5. The monoisotopic (exact) mass is 530 g/mol. The number of hydrogen-bond acceptors (Lipinski definition) is 8. The Kier molecular flexibility index (Phi) is 16.2. The van der Waals surface area contributed by atoms with Crippen molar-refractivity contribution in [3.63, 3.8) is 0 Å². The number of carbonyl (C=O) groups is 5. The maximum absolute atomic E-state index is 13.1. The van der Waals surface area contributed by atoms with Gasteiger partial charge in [-0.2, -0.15) is 0 Å². The van der Waals surface area contributed by atoms with E-state index in [9.17, 15) is 29.1 Å². The standard InChI is InChI=1S/C22H42N8O7/c1-12(2)17(20(35)29-15(21(36)37)8-9-16(31)32)30-19(34)14(7-5-11-27-22(25)26)28-18(33)13(24)6-3-4-10-23/h12-15,17H,3-11,23-24H2,1-2H3,(H,28,33)(H,29,35)(H,30,34)(H,31,32)(H,36,37)(H4,25,26,27). The third-order valence-corrected chi connectivity index (χ3v) is 5.39. The molecular formula is C22H42N8O7. The van der Waals surface area contributed by atoms with E-state index < -0.39 is 66.2 Å². The van der Waals surface area contributed by atoms with Gasteiger partial charge in [-0.25, -0.2) is 4.79 Å². The summed E-state index contributed by atoms with van der Waals surface area (Å²) in [6, 6.07) is -4.55. The lowest BCUT2D eigenvalue weighted by Gasteiger charge is -2.27. The van der Waals surface area contributed by atoms with Gasteiger partial charge in [0.05, 0.1) is 6.04 Å². The van der Waals surface area contributed by atoms with Gasteiger partial charge in [0.15, 0.2) is 5.96 Å². The SMILES string of the molecule is CC(C)C(NC(=O)C(CCCN=C(N)N)NC(=O)C(N)CCCCN)C(=O)NC(CCC(=O)O)C(=O)O. The average molecular weight is 531 g/mol. The molecule has 0 aromatic carbocycles. The number of carboxylic acid groups (broad SMARTS) is 2. The van der Waals surface area contributed by atoms with E-state index in [-0.39, 0.29) is 25.3 Å². The van der Waals surface area contributed by atoms with Crippen LogP contribution in [0, 0.1) is 5.92 Å². The number of carbonyl (C=O) groups excluding carboxylic acids is 3. The van der Waals surface area contributed by atoms with E-state index in [1.165, 1.54) is 0 Å². The number of unbranched alkanes of at least 4 members (excludes halogenated alkanes) is 1. The van der Waals surface area contributed by atoms with E-state index in [1.54, 1.807) is 13.8 Å². The molecule has 4 atom stereocenters. The second kappa shape index (κ2) is 17.9. The van der Waals surface area contributed by atoms with Crippen molar-refractivity contribution in [1.82, 2.24) is 16.0 Å². The summed E-state index contributed by atoms with van der Waals surface area (Å²) < 4.78 is 0. The summed E-state index contributed by atoms with van der Waals surface area (Å²) in [4.78, 5) is 64.6. The molecule has 37 heavy (non-hydrogen) atoms. The Labute approximate surface area is 216 Å². The number of carboxylic acids is 2. The van der Waals surface area contributed by atoms with Crippen LogP contribution in [0.1, 0.15) is 58.8 Å². The lowest BCUT2D eigenvalue weighted by Crippen LogP contribution is -2.58. The Hall–Kier alpha value is -3.46. The summed E-state index contributed by atoms with van der Waals surface area (Å²) in [6.45, 7) is 3.93. The minimum atomic E-state index is -1.46. The maximum Gasteiger partial charge on any atom is 0.326 e. The topological polar surface area (TPSA) is 278 Å². The first kappa shape index (κ1) is 33.5. The van der Waals surface area contributed by atoms with Gasteiger partial charge in [-0.05, 0) is 44.6 Å². The van der Waals surface area contributed by atoms with Crippen LogP contribution in [0.5, 0.6) is 0 Å². The normalized spacial score (nSPS) is 14.1. The van der Waals surface area contributed by atoms with Crippen molar-refractivity contribution in [2.45, 2.75) is 83.0 Å². The van der Waals surface area contributed by atoms with E-state index in [1.807, 2.05) is 0 Å². The van der Waals surface area contributed by atoms with Crippen molar-refractivity contribution in [2.75, 3.05) is 13.1 Å². The van der Waals surface area contributed by atoms with Gasteiger partial charge < -0.3 is 49.1 Å². The van der Waals surface area contributed by atoms with E-state index in [0.717, 1.165) is 0 Å². The Morgan fingerprint density at radius 3 is 1.95 bits per heavy atom. The summed E-state index contributed by atoms with van der Waals surface area (Å²) >= 11 is 0. The van der Waals surface area contributed by atoms with Crippen LogP contribution in [0.4, 0.5) is 0 Å². The molecule has 0 fully saturated rings. The first-order valence-corrected chi connectivity index (χ1v) is 12.2. The highest BCUT2D eigenvalue weighted by atomic mass is 16.4. The van der Waals surface area contributed by atoms with Crippen molar-refractivity contribution < 1.29 is 34.2 Å². The Morgan fingerprint density at radius 1 is 0.811 bits per heavy atom. The highest BCUT2D eigenvalue weighted by Crippen LogP contribution is 2.08. The van der Waals surface area contributed by atoms with E-state index in [0.29, 0.717) is 32.2 Å². The van der Waals surface area contributed by atoms with Crippen LogP contribution in [0.15, 0.2) is 4.99 Å². The van der Waals surface area contributed by atoms with Gasteiger partial charge in [0, 0.05) is 13.0 Å². The van der Waals surface area contributed by atoms with Crippen molar-refractivity contribution in [3.05, 3.63) is 0 Å². The number of aliphatic carboxylic acids is 2. The molecule has 15 heteroatoms. The number of nitrogens with two attached hydrogens (primary N) is 4. The maximum atomic E-state index is 13.1. The molecule has 0 aliphatic carbocycles. The molecule has 3 amide bonds. The van der Waals surface area contributed by atoms with Gasteiger partial charge >= 0.3 is 11.9 Å². The molecule has 4 unspecified atom stereocenters. The van der Waals surface area contributed by atoms with Gasteiger partial charge in [-0.3, -0.25) is 24.2 Å². The quantitative estimate of drug-likeness (QED) is 0.0480. The largest absolute Gasteiger partial charge is 0.481 e. The fraction of sp³-hybridized carbons (Fsp3) is 0.727. The third kappa shape index (κ3) is 14.6. The zero-order valence-corrected chi connectivity index (χ0v) is 21.4. The van der Waals surface area contributed by atoms with Crippen LogP contribution in [0.3, 0.4) is 0 Å². The van der Waals surface area contributed by atoms with Crippen LogP contribution in [0.25, 0.3) is 0 Å². The van der Waals surface area contributed by atoms with E-state index in [4.69, 9.17) is 28.0 Å². The Bertz CT molecular complexity index is 802. The fourth-order valence-corrected chi connectivity index (χ4v) is 3.27. The zero-order valence-electron chi connectivity index (χ0n) is 21.4. The lowest BCUT2D eigenvalue weighted by atomic mass is 10.0. The second-order valence-corrected chi connectivity index (χ2v) is 8.96. The van der Waals surface area contributed by atoms with Crippen LogP contribution in [-0.2, 0) is 24.0 Å². The van der Waals surface area contributed by atoms with Gasteiger partial charge in [0.1, 0.15) is 18.1 Å². The summed E-state index contributed by atoms with van der Waals surface area (Å²) in [5.41, 5.74) is 22.0. The molecule has 212 valence electrons. The van der Waals surface area contributed by atoms with Gasteiger partial charge in [-0.15, -0.1) is 0 Å². The summed E-state index contributed by atoms with van der Waals surface area (Å²) in [5, 5.41) is 25.6. The molecule has 0 saturated heterocycles. The lowest BCUT2D eigenvalue weighted by molar-refractivity contribution is -0.143. The number of rotatable bonds is 19. The molecule has 0 aromatic heterocycles. The molecule has 13 N–H and O–H groups in total. The first-order chi connectivity index (χ1) is 17.3. The van der Waals surface area contributed by atoms with Crippen molar-refractivity contribution in [1.29, 1.82) is 0 Å². The highest BCUT2D eigenvalue weighted by molar-refractivity contribution is 5.94. The summed E-state index contributed by atoms with van der Waals surface area (Å²) in [6.07, 6.45) is 1.36. The number of nitrogens with one attached hydrogen (secondary N) is 3. The molecule has 0 spiro atoms. The van der Waals surface area contributed by atoms with Crippen molar-refractivity contribution >= 4 is 35.6 Å². The molecule has 0 rings (SSSR count). The number of guanidine groups is 1. The van der Waals surface area contributed by atoms with Crippen molar-refractivity contribution in [2.24, 2.45) is 33.8 Å². The first-order valence-electron chi connectivity index (χ1n) is 12.2. The van der Waals surface area contributed by atoms with E-state index >= 15 is 0 Å². The number of nitrogens with zero attached hydrogens (tertiary/aromatic N) is 1. The average Bonchev–Trinajstić information content (AvgIpc) is 2.80. The van der Waals surface area contributed by atoms with Crippen LogP contribution in [-0.4, -0.2) is 83.1 Å². The molecule has 0 aliphatic heterocycles. The predicted molar refractivity (Wildman–Crippen MR) is 136 cm³/mol. The van der Waals surface area contributed by atoms with Gasteiger partial charge in [-0.1, -0.05) is 20.3 Å². The molecule has 0 bridgehead atoms. The number of amides is 3. The van der Waals surface area contributed by atoms with Crippen LogP contribution in [0.2, 0.25) is 0 Å². The molecule has 0 saturated carbocycles. The molecule has 0 aromatic rings. The van der Waals surface area contributed by atoms with E-state index in [2.05, 4.69) is 20.9 Å². The van der Waals surface area contributed by atoms with Crippen molar-refractivity contribution in [3.8, 4) is 0 Å². The smallest absolute Gasteiger partial charge is 0.326 e. The molecule has 15 nitrogen and oxygen atoms in total. The Morgan fingerprint density at radius 2 is 1.43 bits per heavy atom. The molecular weight excluding hydrogens is 488 g/mol. The Balaban J connectivity index is 5.49.